The summed E-state index contributed by atoms with van der Waals surface area (Å²) in [6, 6.07) is 8.95. The molecule has 24 heavy (non-hydrogen) atoms. The van der Waals surface area contributed by atoms with Gasteiger partial charge in [0, 0.05) is 19.6 Å². The first-order valence-electron chi connectivity index (χ1n) is 9.14. The van der Waals surface area contributed by atoms with Gasteiger partial charge < -0.3 is 10.6 Å². The zero-order valence-corrected chi connectivity index (χ0v) is 17.5. The lowest BCUT2D eigenvalue weighted by atomic mass is 10.1. The van der Waals surface area contributed by atoms with E-state index in [0.29, 0.717) is 0 Å². The van der Waals surface area contributed by atoms with Gasteiger partial charge in [-0.3, -0.25) is 4.90 Å². The second kappa shape index (κ2) is 12.5. The summed E-state index contributed by atoms with van der Waals surface area (Å²) in [6.45, 7) is 10.3. The van der Waals surface area contributed by atoms with Crippen LogP contribution in [-0.4, -0.2) is 37.0 Å². The Kier molecular flexibility index (Phi) is 11.1. The van der Waals surface area contributed by atoms with Crippen LogP contribution in [0.1, 0.15) is 50.7 Å². The van der Waals surface area contributed by atoms with Crippen molar-refractivity contribution in [2.75, 3.05) is 26.2 Å². The topological polar surface area (TPSA) is 39.7 Å². The van der Waals surface area contributed by atoms with Crippen LogP contribution in [0.5, 0.6) is 0 Å². The molecule has 1 heterocycles. The highest BCUT2D eigenvalue weighted by Crippen LogP contribution is 2.14. The number of nitrogens with zero attached hydrogens (tertiary/aromatic N) is 2. The van der Waals surface area contributed by atoms with Gasteiger partial charge in [-0.2, -0.15) is 0 Å². The molecule has 1 aliphatic heterocycles. The summed E-state index contributed by atoms with van der Waals surface area (Å²) in [5, 5.41) is 6.51. The molecule has 1 aromatic carbocycles. The molecule has 0 unspecified atom stereocenters. The first kappa shape index (κ1) is 21.2. The minimum absolute atomic E-state index is 0. The third kappa shape index (κ3) is 7.83. The Morgan fingerprint density at radius 3 is 2.00 bits per heavy atom. The summed E-state index contributed by atoms with van der Waals surface area (Å²) in [5.41, 5.74) is 2.68. The van der Waals surface area contributed by atoms with E-state index in [0.717, 1.165) is 32.1 Å². The Bertz CT molecular complexity index is 457. The van der Waals surface area contributed by atoms with E-state index in [1.807, 2.05) is 0 Å². The second-order valence-corrected chi connectivity index (χ2v) is 6.23. The quantitative estimate of drug-likeness (QED) is 0.399. The molecule has 1 aromatic rings. The van der Waals surface area contributed by atoms with Crippen LogP contribution in [0.2, 0.25) is 0 Å². The Balaban J connectivity index is 0.00000288. The maximum Gasteiger partial charge on any atom is 0.191 e. The van der Waals surface area contributed by atoms with Crippen LogP contribution in [0.4, 0.5) is 0 Å². The van der Waals surface area contributed by atoms with E-state index in [1.54, 1.807) is 0 Å². The molecule has 2 rings (SSSR count). The maximum absolute atomic E-state index is 4.62. The standard InChI is InChI=1S/C19H32N4.HI/c1-3-20-19(21-4-2)22-15-17-9-11-18(12-10-17)16-23-13-7-5-6-8-14-23;/h9-12H,3-8,13-16H2,1-2H3,(H2,20,21,22);1H. The molecular formula is C19H33IN4. The summed E-state index contributed by atoms with van der Waals surface area (Å²) >= 11 is 0. The summed E-state index contributed by atoms with van der Waals surface area (Å²) < 4.78 is 0. The predicted octanol–water partition coefficient (Wildman–Crippen LogP) is 3.76. The van der Waals surface area contributed by atoms with Gasteiger partial charge in [0.2, 0.25) is 0 Å². The van der Waals surface area contributed by atoms with Gasteiger partial charge in [-0.15, -0.1) is 24.0 Å². The van der Waals surface area contributed by atoms with Crippen LogP contribution in [0.3, 0.4) is 0 Å². The van der Waals surface area contributed by atoms with E-state index in [4.69, 9.17) is 0 Å². The third-order valence-electron chi connectivity index (χ3n) is 4.24. The lowest BCUT2D eigenvalue weighted by Crippen LogP contribution is -2.36. The van der Waals surface area contributed by atoms with Crippen molar-refractivity contribution in [3.8, 4) is 0 Å². The van der Waals surface area contributed by atoms with Crippen molar-refractivity contribution < 1.29 is 0 Å². The van der Waals surface area contributed by atoms with Crippen LogP contribution in [0.15, 0.2) is 29.3 Å². The number of benzene rings is 1. The number of rotatable bonds is 6. The van der Waals surface area contributed by atoms with Gasteiger partial charge in [0.25, 0.3) is 0 Å². The van der Waals surface area contributed by atoms with Crippen LogP contribution in [-0.2, 0) is 13.1 Å². The van der Waals surface area contributed by atoms with Crippen molar-refractivity contribution in [1.29, 1.82) is 0 Å². The van der Waals surface area contributed by atoms with Crippen molar-refractivity contribution in [1.82, 2.24) is 15.5 Å². The second-order valence-electron chi connectivity index (χ2n) is 6.23. The predicted molar refractivity (Wildman–Crippen MR) is 114 cm³/mol. The van der Waals surface area contributed by atoms with Crippen molar-refractivity contribution in [3.63, 3.8) is 0 Å². The van der Waals surface area contributed by atoms with E-state index in [2.05, 4.69) is 58.6 Å². The lowest BCUT2D eigenvalue weighted by Gasteiger charge is -2.19. The molecule has 2 N–H and O–H groups in total. The van der Waals surface area contributed by atoms with E-state index in [9.17, 15) is 0 Å². The molecule has 0 spiro atoms. The van der Waals surface area contributed by atoms with Crippen molar-refractivity contribution in [2.24, 2.45) is 4.99 Å². The zero-order chi connectivity index (χ0) is 16.3. The number of guanidine groups is 1. The largest absolute Gasteiger partial charge is 0.357 e. The van der Waals surface area contributed by atoms with Crippen LogP contribution < -0.4 is 10.6 Å². The first-order chi connectivity index (χ1) is 11.3. The highest BCUT2D eigenvalue weighted by Gasteiger charge is 2.09. The highest BCUT2D eigenvalue weighted by molar-refractivity contribution is 14.0. The summed E-state index contributed by atoms with van der Waals surface area (Å²) in [6.07, 6.45) is 5.50. The molecule has 1 aliphatic rings. The van der Waals surface area contributed by atoms with Crippen molar-refractivity contribution in [2.45, 2.75) is 52.6 Å². The summed E-state index contributed by atoms with van der Waals surface area (Å²) in [5.74, 6) is 0.892. The van der Waals surface area contributed by atoms with E-state index in [1.165, 1.54) is 49.9 Å². The SMILES string of the molecule is CCNC(=NCc1ccc(CN2CCCCCC2)cc1)NCC.I. The number of hydrogen-bond acceptors (Lipinski definition) is 2. The molecule has 0 aromatic heterocycles. The summed E-state index contributed by atoms with van der Waals surface area (Å²) in [4.78, 5) is 7.21. The maximum atomic E-state index is 4.62. The molecule has 1 saturated heterocycles. The molecule has 0 bridgehead atoms. The number of halogens is 1. The van der Waals surface area contributed by atoms with Gasteiger partial charge in [0.1, 0.15) is 0 Å². The monoisotopic (exact) mass is 444 g/mol. The molecule has 0 atom stereocenters. The molecule has 0 saturated carbocycles. The van der Waals surface area contributed by atoms with Crippen LogP contribution in [0.25, 0.3) is 0 Å². The van der Waals surface area contributed by atoms with Gasteiger partial charge >= 0.3 is 0 Å². The minimum Gasteiger partial charge on any atom is -0.357 e. The molecular weight excluding hydrogens is 411 g/mol. The average Bonchev–Trinajstić information content (AvgIpc) is 2.83. The Morgan fingerprint density at radius 1 is 0.917 bits per heavy atom. The number of hydrogen-bond donors (Lipinski definition) is 2. The highest BCUT2D eigenvalue weighted by atomic mass is 127. The van der Waals surface area contributed by atoms with Gasteiger partial charge in [-0.05, 0) is 50.9 Å². The van der Waals surface area contributed by atoms with Crippen LogP contribution in [0, 0.1) is 0 Å². The Labute approximate surface area is 164 Å². The first-order valence-corrected chi connectivity index (χ1v) is 9.14. The molecule has 0 amide bonds. The molecule has 0 radical (unpaired) electrons. The minimum atomic E-state index is 0. The summed E-state index contributed by atoms with van der Waals surface area (Å²) in [7, 11) is 0. The molecule has 5 heteroatoms. The fourth-order valence-corrected chi connectivity index (χ4v) is 2.98. The average molecular weight is 444 g/mol. The van der Waals surface area contributed by atoms with Gasteiger partial charge in [-0.25, -0.2) is 4.99 Å². The zero-order valence-electron chi connectivity index (χ0n) is 15.2. The smallest absolute Gasteiger partial charge is 0.191 e. The van der Waals surface area contributed by atoms with Gasteiger partial charge in [-0.1, -0.05) is 37.1 Å². The third-order valence-corrected chi connectivity index (χ3v) is 4.24. The molecule has 1 fully saturated rings. The normalized spacial score (nSPS) is 15.1. The fraction of sp³-hybridized carbons (Fsp3) is 0.632. The molecule has 136 valence electrons. The van der Waals surface area contributed by atoms with Gasteiger partial charge in [0.15, 0.2) is 5.96 Å². The number of likely N-dealkylation sites (tertiary alicyclic amines) is 1. The van der Waals surface area contributed by atoms with Crippen molar-refractivity contribution in [3.05, 3.63) is 35.4 Å². The Morgan fingerprint density at radius 2 is 1.46 bits per heavy atom. The van der Waals surface area contributed by atoms with E-state index >= 15 is 0 Å². The van der Waals surface area contributed by atoms with E-state index < -0.39 is 0 Å². The number of aliphatic imine (C=N–C) groups is 1. The molecule has 4 nitrogen and oxygen atoms in total. The molecule has 0 aliphatic carbocycles. The van der Waals surface area contributed by atoms with E-state index in [-0.39, 0.29) is 24.0 Å². The van der Waals surface area contributed by atoms with Gasteiger partial charge in [0.05, 0.1) is 6.54 Å². The van der Waals surface area contributed by atoms with Crippen molar-refractivity contribution >= 4 is 29.9 Å². The fourth-order valence-electron chi connectivity index (χ4n) is 2.98. The number of nitrogens with one attached hydrogen (secondary N) is 2. The lowest BCUT2D eigenvalue weighted by molar-refractivity contribution is 0.277. The van der Waals surface area contributed by atoms with Crippen LogP contribution >= 0.6 is 24.0 Å². The Hall–Kier alpha value is -0.820.